The van der Waals surface area contributed by atoms with Gasteiger partial charge in [-0.05, 0) is 18.2 Å². The average molecular weight is 312 g/mol. The first-order valence-corrected chi connectivity index (χ1v) is 6.74. The van der Waals surface area contributed by atoms with Crippen LogP contribution in [0.2, 0.25) is 0 Å². The number of H-pyrrole nitrogens is 1. The van der Waals surface area contributed by atoms with E-state index in [1.54, 1.807) is 30.3 Å². The molecule has 0 unspecified atom stereocenters. The van der Waals surface area contributed by atoms with Crippen molar-refractivity contribution in [3.05, 3.63) is 64.5 Å². The number of hydrogen-bond donors (Lipinski definition) is 3. The Labute approximate surface area is 129 Å². The van der Waals surface area contributed by atoms with Crippen molar-refractivity contribution in [1.29, 1.82) is 0 Å². The number of nitrogens with zero attached hydrogens (tertiary/aromatic N) is 1. The SMILES string of the molecule is O=C(Cc1n[nH]c(=O)c2ccccc12)NNC(=O)c1ccco1. The summed E-state index contributed by atoms with van der Waals surface area (Å²) in [6, 6.07) is 9.87. The number of furan rings is 1. The fourth-order valence-corrected chi connectivity index (χ4v) is 2.10. The molecule has 3 N–H and O–H groups in total. The van der Waals surface area contributed by atoms with Crippen LogP contribution in [-0.2, 0) is 11.2 Å². The largest absolute Gasteiger partial charge is 0.459 e. The second-order valence-corrected chi connectivity index (χ2v) is 4.70. The second-order valence-electron chi connectivity index (χ2n) is 4.70. The third-order valence-corrected chi connectivity index (χ3v) is 3.16. The molecular weight excluding hydrogens is 300 g/mol. The number of rotatable bonds is 3. The van der Waals surface area contributed by atoms with Crippen LogP contribution >= 0.6 is 0 Å². The van der Waals surface area contributed by atoms with E-state index in [1.165, 1.54) is 12.3 Å². The molecule has 0 fully saturated rings. The van der Waals surface area contributed by atoms with Crippen molar-refractivity contribution < 1.29 is 14.0 Å². The van der Waals surface area contributed by atoms with Gasteiger partial charge >= 0.3 is 5.91 Å². The van der Waals surface area contributed by atoms with Crippen LogP contribution in [0.3, 0.4) is 0 Å². The molecule has 0 radical (unpaired) electrons. The van der Waals surface area contributed by atoms with Crippen molar-refractivity contribution in [2.24, 2.45) is 0 Å². The first-order chi connectivity index (χ1) is 11.1. The molecule has 0 spiro atoms. The smallest absolute Gasteiger partial charge is 0.305 e. The van der Waals surface area contributed by atoms with E-state index < -0.39 is 11.8 Å². The summed E-state index contributed by atoms with van der Waals surface area (Å²) in [5.41, 5.74) is 4.58. The lowest BCUT2D eigenvalue weighted by Gasteiger charge is -2.07. The van der Waals surface area contributed by atoms with Gasteiger partial charge < -0.3 is 4.42 Å². The third kappa shape index (κ3) is 3.10. The zero-order valence-electron chi connectivity index (χ0n) is 11.8. The number of aromatic amines is 1. The van der Waals surface area contributed by atoms with Gasteiger partial charge in [0, 0.05) is 5.39 Å². The minimum atomic E-state index is -0.567. The van der Waals surface area contributed by atoms with Gasteiger partial charge in [-0.25, -0.2) is 5.10 Å². The van der Waals surface area contributed by atoms with E-state index in [2.05, 4.69) is 21.0 Å². The van der Waals surface area contributed by atoms with E-state index in [1.807, 2.05) is 0 Å². The van der Waals surface area contributed by atoms with E-state index in [0.29, 0.717) is 16.5 Å². The molecule has 116 valence electrons. The number of hydrogen-bond acceptors (Lipinski definition) is 5. The lowest BCUT2D eigenvalue weighted by Crippen LogP contribution is -2.42. The van der Waals surface area contributed by atoms with E-state index in [9.17, 15) is 14.4 Å². The predicted octanol–water partition coefficient (Wildman–Crippen LogP) is 0.520. The summed E-state index contributed by atoms with van der Waals surface area (Å²) in [5, 5.41) is 7.28. The highest BCUT2D eigenvalue weighted by atomic mass is 16.3. The standard InChI is InChI=1S/C15H12N4O4/c20-13(17-19-15(22)12-6-3-7-23-12)8-11-9-4-1-2-5-10(9)14(21)18-16-11/h1-7H,8H2,(H,17,20)(H,18,21)(H,19,22). The Bertz CT molecular complexity index is 915. The van der Waals surface area contributed by atoms with Crippen molar-refractivity contribution in [1.82, 2.24) is 21.0 Å². The molecule has 1 aromatic carbocycles. The summed E-state index contributed by atoms with van der Waals surface area (Å²) < 4.78 is 4.90. The quantitative estimate of drug-likeness (QED) is 0.609. The molecule has 23 heavy (non-hydrogen) atoms. The number of amides is 2. The molecule has 2 heterocycles. The molecule has 0 aliphatic carbocycles. The summed E-state index contributed by atoms with van der Waals surface area (Å²) in [7, 11) is 0. The van der Waals surface area contributed by atoms with Gasteiger partial charge in [0.1, 0.15) is 0 Å². The number of fused-ring (bicyclic) bond motifs is 1. The van der Waals surface area contributed by atoms with E-state index in [0.717, 1.165) is 0 Å². The topological polar surface area (TPSA) is 117 Å². The van der Waals surface area contributed by atoms with Gasteiger partial charge in [0.25, 0.3) is 5.56 Å². The zero-order chi connectivity index (χ0) is 16.2. The summed E-state index contributed by atoms with van der Waals surface area (Å²) >= 11 is 0. The summed E-state index contributed by atoms with van der Waals surface area (Å²) in [6.45, 7) is 0. The highest BCUT2D eigenvalue weighted by Gasteiger charge is 2.13. The molecule has 0 bridgehead atoms. The Balaban J connectivity index is 1.70. The average Bonchev–Trinajstić information content (AvgIpc) is 3.10. The molecule has 2 amide bonds. The molecule has 0 saturated carbocycles. The summed E-state index contributed by atoms with van der Waals surface area (Å²) in [4.78, 5) is 35.2. The Morgan fingerprint density at radius 2 is 1.87 bits per heavy atom. The van der Waals surface area contributed by atoms with Crippen LogP contribution in [0.5, 0.6) is 0 Å². The molecule has 0 aliphatic rings. The lowest BCUT2D eigenvalue weighted by atomic mass is 10.1. The van der Waals surface area contributed by atoms with Crippen LogP contribution in [0.1, 0.15) is 16.2 Å². The van der Waals surface area contributed by atoms with Crippen LogP contribution in [-0.4, -0.2) is 22.0 Å². The maximum atomic E-state index is 11.9. The lowest BCUT2D eigenvalue weighted by molar-refractivity contribution is -0.121. The van der Waals surface area contributed by atoms with Gasteiger partial charge in [0.2, 0.25) is 5.91 Å². The van der Waals surface area contributed by atoms with Crippen LogP contribution in [0, 0.1) is 0 Å². The van der Waals surface area contributed by atoms with Crippen LogP contribution in [0.15, 0.2) is 51.9 Å². The fraction of sp³-hybridized carbons (Fsp3) is 0.0667. The maximum absolute atomic E-state index is 11.9. The van der Waals surface area contributed by atoms with Crippen molar-refractivity contribution in [2.75, 3.05) is 0 Å². The van der Waals surface area contributed by atoms with Crippen molar-refractivity contribution in [2.45, 2.75) is 6.42 Å². The van der Waals surface area contributed by atoms with E-state index >= 15 is 0 Å². The van der Waals surface area contributed by atoms with Crippen molar-refractivity contribution >= 4 is 22.6 Å². The van der Waals surface area contributed by atoms with Gasteiger partial charge in [-0.1, -0.05) is 18.2 Å². The fourth-order valence-electron chi connectivity index (χ4n) is 2.10. The molecule has 8 heteroatoms. The first-order valence-electron chi connectivity index (χ1n) is 6.74. The number of nitrogens with one attached hydrogen (secondary N) is 3. The molecule has 0 saturated heterocycles. The molecule has 8 nitrogen and oxygen atoms in total. The predicted molar refractivity (Wildman–Crippen MR) is 80.4 cm³/mol. The third-order valence-electron chi connectivity index (χ3n) is 3.16. The molecule has 3 aromatic rings. The molecule has 3 rings (SSSR count). The highest BCUT2D eigenvalue weighted by Crippen LogP contribution is 2.12. The summed E-state index contributed by atoms with van der Waals surface area (Å²) in [5.74, 6) is -0.963. The normalized spacial score (nSPS) is 10.4. The molecular formula is C15H12N4O4. The van der Waals surface area contributed by atoms with Gasteiger partial charge in [-0.3, -0.25) is 25.2 Å². The zero-order valence-corrected chi connectivity index (χ0v) is 11.8. The molecule has 0 atom stereocenters. The number of carbonyl (C=O) groups is 2. The van der Waals surface area contributed by atoms with Crippen LogP contribution in [0.25, 0.3) is 10.8 Å². The monoisotopic (exact) mass is 312 g/mol. The van der Waals surface area contributed by atoms with E-state index in [-0.39, 0.29) is 17.7 Å². The minimum absolute atomic E-state index is 0.0814. The minimum Gasteiger partial charge on any atom is -0.459 e. The Morgan fingerprint density at radius 1 is 1.09 bits per heavy atom. The van der Waals surface area contributed by atoms with Gasteiger partial charge in [0.05, 0.1) is 23.8 Å². The number of benzene rings is 1. The molecule has 0 aliphatic heterocycles. The number of aromatic nitrogens is 2. The number of hydrazine groups is 1. The summed E-state index contributed by atoms with van der Waals surface area (Å²) in [6.07, 6.45) is 1.25. The van der Waals surface area contributed by atoms with Gasteiger partial charge in [-0.15, -0.1) is 0 Å². The maximum Gasteiger partial charge on any atom is 0.305 e. The van der Waals surface area contributed by atoms with Crippen molar-refractivity contribution in [3.8, 4) is 0 Å². The van der Waals surface area contributed by atoms with Crippen LogP contribution in [0.4, 0.5) is 0 Å². The Hall–Kier alpha value is -3.42. The molecule has 2 aromatic heterocycles. The first kappa shape index (κ1) is 14.5. The second kappa shape index (κ2) is 6.14. The van der Waals surface area contributed by atoms with Gasteiger partial charge in [0.15, 0.2) is 5.76 Å². The Morgan fingerprint density at radius 3 is 2.61 bits per heavy atom. The Kier molecular flexibility index (Phi) is 3.88. The van der Waals surface area contributed by atoms with Crippen molar-refractivity contribution in [3.63, 3.8) is 0 Å². The number of carbonyl (C=O) groups excluding carboxylic acids is 2. The van der Waals surface area contributed by atoms with E-state index in [4.69, 9.17) is 4.42 Å². The van der Waals surface area contributed by atoms with Crippen LogP contribution < -0.4 is 16.4 Å². The van der Waals surface area contributed by atoms with Gasteiger partial charge in [-0.2, -0.15) is 5.10 Å². The highest BCUT2D eigenvalue weighted by molar-refractivity contribution is 5.93.